The number of nitrogens with one attached hydrogen (secondary N) is 1. The lowest BCUT2D eigenvalue weighted by molar-refractivity contribution is -0.127. The van der Waals surface area contributed by atoms with Gasteiger partial charge in [0.2, 0.25) is 11.8 Å². The molecule has 11 heteroatoms. The Morgan fingerprint density at radius 3 is 1.60 bits per heavy atom. The second-order valence-electron chi connectivity index (χ2n) is 13.0. The van der Waals surface area contributed by atoms with Crippen LogP contribution in [0.25, 0.3) is 17.7 Å². The maximum Gasteiger partial charge on any atom is 0.268 e. The molecule has 4 aromatic rings. The molecule has 0 spiro atoms. The van der Waals surface area contributed by atoms with Crippen LogP contribution in [0.15, 0.2) is 103 Å². The number of piperidine rings is 2. The highest BCUT2D eigenvalue weighted by Gasteiger charge is 2.25. The monoisotopic (exact) mass is 703 g/mol. The molecule has 2 atom stereocenters. The SMILES string of the molecule is O=C(C=C(c1cccc(C=CC(=O)N2CCCC(c3cccc(F)c3)C2)n1)c1cccc(C=CC(=O)N2CCCC(c3cccc(F)c3)C2)n1)NO. The van der Waals surface area contributed by atoms with E-state index in [9.17, 15) is 28.4 Å². The Hall–Kier alpha value is -5.81. The first-order valence-electron chi connectivity index (χ1n) is 17.3. The molecule has 0 bridgehead atoms. The fraction of sp³-hybridized carbons (Fsp3) is 0.244. The van der Waals surface area contributed by atoms with E-state index in [1.165, 1.54) is 42.5 Å². The van der Waals surface area contributed by atoms with Crippen LogP contribution >= 0.6 is 0 Å². The summed E-state index contributed by atoms with van der Waals surface area (Å²) >= 11 is 0. The van der Waals surface area contributed by atoms with Crippen LogP contribution in [-0.2, 0) is 14.4 Å². The van der Waals surface area contributed by atoms with E-state index >= 15 is 0 Å². The quantitative estimate of drug-likeness (QED) is 0.116. The van der Waals surface area contributed by atoms with Gasteiger partial charge in [0.25, 0.3) is 5.91 Å². The van der Waals surface area contributed by atoms with Crippen molar-refractivity contribution in [3.05, 3.63) is 149 Å². The average molecular weight is 704 g/mol. The van der Waals surface area contributed by atoms with Gasteiger partial charge in [-0.25, -0.2) is 24.2 Å². The third-order valence-electron chi connectivity index (χ3n) is 9.38. The zero-order chi connectivity index (χ0) is 36.5. The molecular formula is C41H39F2N5O4. The first kappa shape index (κ1) is 36.0. The van der Waals surface area contributed by atoms with Gasteiger partial charge in [-0.3, -0.25) is 19.6 Å². The summed E-state index contributed by atoms with van der Waals surface area (Å²) in [7, 11) is 0. The normalized spacial score (nSPS) is 17.7. The van der Waals surface area contributed by atoms with E-state index in [2.05, 4.69) is 9.97 Å². The summed E-state index contributed by atoms with van der Waals surface area (Å²) in [5, 5.41) is 9.31. The largest absolute Gasteiger partial charge is 0.339 e. The van der Waals surface area contributed by atoms with Crippen molar-refractivity contribution < 1.29 is 28.4 Å². The maximum absolute atomic E-state index is 13.8. The summed E-state index contributed by atoms with van der Waals surface area (Å²) in [5.41, 5.74) is 5.31. The lowest BCUT2D eigenvalue weighted by Crippen LogP contribution is -2.38. The molecular weight excluding hydrogens is 664 g/mol. The minimum Gasteiger partial charge on any atom is -0.339 e. The van der Waals surface area contributed by atoms with Crippen molar-refractivity contribution in [3.8, 4) is 0 Å². The van der Waals surface area contributed by atoms with E-state index in [1.807, 2.05) is 12.1 Å². The summed E-state index contributed by atoms with van der Waals surface area (Å²) in [6, 6.07) is 23.3. The number of pyridine rings is 2. The van der Waals surface area contributed by atoms with Crippen LogP contribution in [0.3, 0.4) is 0 Å². The smallest absolute Gasteiger partial charge is 0.268 e. The molecule has 9 nitrogen and oxygen atoms in total. The standard InChI is InChI=1S/C41H39F2N5O4/c42-32-11-1-7-28(23-32)30-9-5-21-47(26-30)40(50)19-17-34-13-3-15-37(44-34)36(25-39(49)46-52)38-16-4-14-35(45-38)18-20-41(51)48-22-6-10-31(27-48)29-8-2-12-33(43)24-29/h1-4,7-8,11-20,23-25,30-31,52H,5-6,9-10,21-22,26-27H2,(H,46,49). The van der Waals surface area contributed by atoms with Gasteiger partial charge in [-0.15, -0.1) is 0 Å². The Labute approximate surface area is 301 Å². The van der Waals surface area contributed by atoms with Gasteiger partial charge in [0.05, 0.1) is 22.8 Å². The van der Waals surface area contributed by atoms with Crippen molar-refractivity contribution in [1.29, 1.82) is 0 Å². The molecule has 2 aromatic heterocycles. The van der Waals surface area contributed by atoms with Crippen molar-refractivity contribution in [3.63, 3.8) is 0 Å². The number of hydrogen-bond donors (Lipinski definition) is 2. The Morgan fingerprint density at radius 1 is 0.692 bits per heavy atom. The van der Waals surface area contributed by atoms with E-state index < -0.39 is 5.91 Å². The number of benzene rings is 2. The van der Waals surface area contributed by atoms with Crippen LogP contribution in [-0.4, -0.2) is 68.9 Å². The Morgan fingerprint density at radius 2 is 1.15 bits per heavy atom. The minimum absolute atomic E-state index is 0.0498. The number of aromatic nitrogens is 2. The van der Waals surface area contributed by atoms with Gasteiger partial charge in [0.15, 0.2) is 0 Å². The molecule has 3 amide bonds. The number of likely N-dealkylation sites (tertiary alicyclic amines) is 2. The Balaban J connectivity index is 1.16. The van der Waals surface area contributed by atoms with Crippen LogP contribution in [0.2, 0.25) is 0 Å². The van der Waals surface area contributed by atoms with Crippen LogP contribution < -0.4 is 5.48 Å². The predicted molar refractivity (Wildman–Crippen MR) is 193 cm³/mol. The molecule has 6 rings (SSSR count). The number of hydrogen-bond acceptors (Lipinski definition) is 6. The van der Waals surface area contributed by atoms with Crippen molar-refractivity contribution >= 4 is 35.4 Å². The first-order valence-corrected chi connectivity index (χ1v) is 17.3. The summed E-state index contributed by atoms with van der Waals surface area (Å²) < 4.78 is 27.6. The molecule has 4 heterocycles. The molecule has 0 aliphatic carbocycles. The topological polar surface area (TPSA) is 116 Å². The van der Waals surface area contributed by atoms with Gasteiger partial charge in [-0.05, 0) is 97.5 Å². The first-order chi connectivity index (χ1) is 25.2. The zero-order valence-electron chi connectivity index (χ0n) is 28.5. The van der Waals surface area contributed by atoms with E-state index in [4.69, 9.17) is 0 Å². The molecule has 0 saturated carbocycles. The predicted octanol–water partition coefficient (Wildman–Crippen LogP) is 6.53. The van der Waals surface area contributed by atoms with E-state index in [0.29, 0.717) is 54.5 Å². The zero-order valence-corrected chi connectivity index (χ0v) is 28.5. The molecule has 0 radical (unpaired) electrons. The van der Waals surface area contributed by atoms with Crippen molar-refractivity contribution in [2.45, 2.75) is 37.5 Å². The summed E-state index contributed by atoms with van der Waals surface area (Å²) in [6.07, 6.45) is 10.6. The molecule has 2 aliphatic heterocycles. The van der Waals surface area contributed by atoms with Crippen LogP contribution in [0.1, 0.15) is 71.4 Å². The third-order valence-corrected chi connectivity index (χ3v) is 9.38. The van der Waals surface area contributed by atoms with Crippen molar-refractivity contribution in [1.82, 2.24) is 25.2 Å². The van der Waals surface area contributed by atoms with Gasteiger partial charge in [0, 0.05) is 61.8 Å². The number of amides is 3. The fourth-order valence-corrected chi connectivity index (χ4v) is 6.78. The summed E-state index contributed by atoms with van der Waals surface area (Å²) in [6.45, 7) is 2.17. The molecule has 2 saturated heterocycles. The van der Waals surface area contributed by atoms with Crippen LogP contribution in [0.5, 0.6) is 0 Å². The van der Waals surface area contributed by atoms with E-state index in [-0.39, 0.29) is 35.3 Å². The van der Waals surface area contributed by atoms with Crippen LogP contribution in [0.4, 0.5) is 8.78 Å². The van der Waals surface area contributed by atoms with Gasteiger partial charge < -0.3 is 9.80 Å². The fourth-order valence-electron chi connectivity index (χ4n) is 6.78. The van der Waals surface area contributed by atoms with E-state index in [0.717, 1.165) is 36.8 Å². The van der Waals surface area contributed by atoms with Gasteiger partial charge in [0.1, 0.15) is 11.6 Å². The third kappa shape index (κ3) is 9.29. The second-order valence-corrected chi connectivity index (χ2v) is 13.0. The second kappa shape index (κ2) is 16.9. The Bertz CT molecular complexity index is 1900. The minimum atomic E-state index is -0.790. The average Bonchev–Trinajstić information content (AvgIpc) is 3.18. The number of nitrogens with zero attached hydrogens (tertiary/aromatic N) is 4. The molecule has 2 N–H and O–H groups in total. The van der Waals surface area contributed by atoms with Crippen molar-refractivity contribution in [2.75, 3.05) is 26.2 Å². The van der Waals surface area contributed by atoms with Gasteiger partial charge in [-0.1, -0.05) is 36.4 Å². The number of hydroxylamine groups is 1. The summed E-state index contributed by atoms with van der Waals surface area (Å²) in [4.78, 5) is 51.5. The molecule has 2 unspecified atom stereocenters. The van der Waals surface area contributed by atoms with Gasteiger partial charge >= 0.3 is 0 Å². The Kier molecular flexibility index (Phi) is 11.7. The number of carbonyl (C=O) groups is 3. The van der Waals surface area contributed by atoms with Crippen LogP contribution in [0, 0.1) is 11.6 Å². The maximum atomic E-state index is 13.8. The molecule has 266 valence electrons. The van der Waals surface area contributed by atoms with Gasteiger partial charge in [-0.2, -0.15) is 0 Å². The highest BCUT2D eigenvalue weighted by atomic mass is 19.1. The molecule has 2 fully saturated rings. The molecule has 2 aliphatic rings. The highest BCUT2D eigenvalue weighted by Crippen LogP contribution is 2.29. The lowest BCUT2D eigenvalue weighted by atomic mass is 9.90. The summed E-state index contributed by atoms with van der Waals surface area (Å²) in [5.74, 6) is -1.65. The molecule has 52 heavy (non-hydrogen) atoms. The number of halogens is 2. The lowest BCUT2D eigenvalue weighted by Gasteiger charge is -2.32. The number of rotatable bonds is 9. The number of carbonyl (C=O) groups excluding carboxylic acids is 3. The van der Waals surface area contributed by atoms with E-state index in [1.54, 1.807) is 76.0 Å². The van der Waals surface area contributed by atoms with Crippen molar-refractivity contribution in [2.24, 2.45) is 0 Å². The molecule has 2 aromatic carbocycles. The highest BCUT2D eigenvalue weighted by molar-refractivity contribution is 5.98.